The Morgan fingerprint density at radius 1 is 1.35 bits per heavy atom. The Balaban J connectivity index is 2.61. The lowest BCUT2D eigenvalue weighted by Gasteiger charge is -2.13. The molecule has 4 nitrogen and oxygen atoms in total. The van der Waals surface area contributed by atoms with E-state index in [1.807, 2.05) is 45.0 Å². The molecule has 2 amide bonds. The number of nitrogens with one attached hydrogen (secondary N) is 2. The number of hydrogen-bond acceptors (Lipinski definition) is 3. The minimum Gasteiger partial charge on any atom is -0.338 e. The molecule has 5 heteroatoms. The first-order chi connectivity index (χ1) is 9.52. The van der Waals surface area contributed by atoms with Crippen molar-refractivity contribution in [1.29, 1.82) is 5.26 Å². The van der Waals surface area contributed by atoms with Crippen LogP contribution >= 0.6 is 11.8 Å². The Labute approximate surface area is 124 Å². The van der Waals surface area contributed by atoms with E-state index < -0.39 is 0 Å². The fourth-order valence-corrected chi connectivity index (χ4v) is 2.36. The Morgan fingerprint density at radius 2 is 2.05 bits per heavy atom. The molecule has 0 aliphatic heterocycles. The summed E-state index contributed by atoms with van der Waals surface area (Å²) in [5.41, 5.74) is 0.781. The molecule has 0 radical (unpaired) electrons. The molecule has 0 saturated heterocycles. The second-order valence-corrected chi connectivity index (χ2v) is 6.13. The van der Waals surface area contributed by atoms with Gasteiger partial charge in [0, 0.05) is 17.2 Å². The molecule has 1 aromatic rings. The highest BCUT2D eigenvalue weighted by Gasteiger charge is 2.08. The van der Waals surface area contributed by atoms with Crippen LogP contribution in [0.3, 0.4) is 0 Å². The maximum Gasteiger partial charge on any atom is 0.319 e. The number of benzene rings is 1. The highest BCUT2D eigenvalue weighted by Crippen LogP contribution is 2.28. The summed E-state index contributed by atoms with van der Waals surface area (Å²) in [5, 5.41) is 14.5. The van der Waals surface area contributed by atoms with Gasteiger partial charge < -0.3 is 10.6 Å². The predicted octanol–water partition coefficient (Wildman–Crippen LogP) is 3.72. The summed E-state index contributed by atoms with van der Waals surface area (Å²) in [7, 11) is 0. The molecule has 0 fully saturated rings. The highest BCUT2D eigenvalue weighted by atomic mass is 32.2. The Kier molecular flexibility index (Phi) is 6.96. The number of amides is 2. The summed E-state index contributed by atoms with van der Waals surface area (Å²) in [4.78, 5) is 12.8. The zero-order valence-electron chi connectivity index (χ0n) is 12.1. The monoisotopic (exact) mass is 291 g/mol. The Morgan fingerprint density at radius 3 is 2.70 bits per heavy atom. The number of urea groups is 1. The average Bonchev–Trinajstić information content (AvgIpc) is 2.43. The summed E-state index contributed by atoms with van der Waals surface area (Å²) < 4.78 is 0. The van der Waals surface area contributed by atoms with Crippen LogP contribution in [0.5, 0.6) is 0 Å². The molecule has 1 aromatic carbocycles. The molecular weight excluding hydrogens is 270 g/mol. The molecule has 0 aliphatic carbocycles. The van der Waals surface area contributed by atoms with Crippen molar-refractivity contribution in [3.8, 4) is 6.07 Å². The van der Waals surface area contributed by atoms with Crippen molar-refractivity contribution in [2.75, 3.05) is 17.6 Å². The van der Waals surface area contributed by atoms with Crippen molar-refractivity contribution in [3.05, 3.63) is 24.3 Å². The Bertz CT molecular complexity index is 482. The van der Waals surface area contributed by atoms with Gasteiger partial charge in [-0.1, -0.05) is 26.0 Å². The number of hydrogen-bond donors (Lipinski definition) is 2. The van der Waals surface area contributed by atoms with Crippen LogP contribution in [0.15, 0.2) is 29.2 Å². The number of rotatable bonds is 6. The van der Waals surface area contributed by atoms with E-state index in [0.717, 1.165) is 10.6 Å². The zero-order chi connectivity index (χ0) is 15.0. The summed E-state index contributed by atoms with van der Waals surface area (Å²) in [6, 6.07) is 9.65. The van der Waals surface area contributed by atoms with Crippen LogP contribution < -0.4 is 10.6 Å². The lowest BCUT2D eigenvalue weighted by molar-refractivity contribution is 0.251. The van der Waals surface area contributed by atoms with E-state index in [-0.39, 0.29) is 11.9 Å². The molecule has 1 atom stereocenters. The summed E-state index contributed by atoms with van der Waals surface area (Å²) in [6.45, 7) is 6.63. The number of nitrogens with zero attached hydrogens (tertiary/aromatic N) is 1. The molecule has 0 aromatic heterocycles. The van der Waals surface area contributed by atoms with Crippen LogP contribution in [0.4, 0.5) is 10.5 Å². The van der Waals surface area contributed by atoms with Gasteiger partial charge in [-0.2, -0.15) is 5.26 Å². The van der Waals surface area contributed by atoms with Gasteiger partial charge in [0.2, 0.25) is 0 Å². The molecule has 0 spiro atoms. The van der Waals surface area contributed by atoms with Crippen molar-refractivity contribution < 1.29 is 4.79 Å². The first-order valence-electron chi connectivity index (χ1n) is 6.69. The zero-order valence-corrected chi connectivity index (χ0v) is 13.0. The Hall–Kier alpha value is -1.67. The fourth-order valence-electron chi connectivity index (χ4n) is 1.41. The number of carbonyl (C=O) groups is 1. The summed E-state index contributed by atoms with van der Waals surface area (Å²) in [6.07, 6.45) is 0. The van der Waals surface area contributed by atoms with Crippen molar-refractivity contribution in [2.45, 2.75) is 25.7 Å². The van der Waals surface area contributed by atoms with Crippen molar-refractivity contribution >= 4 is 23.5 Å². The molecule has 20 heavy (non-hydrogen) atoms. The number of nitriles is 1. The van der Waals surface area contributed by atoms with Crippen LogP contribution in [0.2, 0.25) is 0 Å². The van der Waals surface area contributed by atoms with Gasteiger partial charge in [0.25, 0.3) is 0 Å². The minimum atomic E-state index is -0.194. The molecule has 1 unspecified atom stereocenters. The quantitative estimate of drug-likeness (QED) is 0.785. The third-order valence-corrected chi connectivity index (χ3v) is 3.85. The van der Waals surface area contributed by atoms with Crippen LogP contribution in [0.1, 0.15) is 20.8 Å². The maximum atomic E-state index is 11.8. The van der Waals surface area contributed by atoms with E-state index in [1.54, 1.807) is 11.8 Å². The standard InChI is InChI=1S/C15H21N3OS/c1-11(2)9-17-15(19)18-13-6-4-5-7-14(13)20-10-12(3)8-16/h4-7,11-12H,9-10H2,1-3H3,(H2,17,18,19). The smallest absolute Gasteiger partial charge is 0.319 e. The van der Waals surface area contributed by atoms with Crippen molar-refractivity contribution in [2.24, 2.45) is 11.8 Å². The van der Waals surface area contributed by atoms with Crippen LogP contribution in [-0.2, 0) is 0 Å². The first kappa shape index (κ1) is 16.4. The topological polar surface area (TPSA) is 64.9 Å². The second kappa shape index (κ2) is 8.49. The first-order valence-corrected chi connectivity index (χ1v) is 7.67. The molecule has 108 valence electrons. The summed E-state index contributed by atoms with van der Waals surface area (Å²) >= 11 is 1.58. The third-order valence-electron chi connectivity index (χ3n) is 2.52. The number of thioether (sulfide) groups is 1. The van der Waals surface area contributed by atoms with Gasteiger partial charge in [-0.3, -0.25) is 0 Å². The van der Waals surface area contributed by atoms with E-state index in [1.165, 1.54) is 0 Å². The lowest BCUT2D eigenvalue weighted by Crippen LogP contribution is -2.31. The SMILES string of the molecule is CC(C)CNC(=O)Nc1ccccc1SCC(C)C#N. The van der Waals surface area contributed by atoms with E-state index >= 15 is 0 Å². The number of para-hydroxylation sites is 1. The van der Waals surface area contributed by atoms with Gasteiger partial charge in [0.15, 0.2) is 0 Å². The van der Waals surface area contributed by atoms with Gasteiger partial charge in [-0.05, 0) is 25.0 Å². The molecule has 0 saturated carbocycles. The normalized spacial score (nSPS) is 11.8. The molecule has 0 heterocycles. The van der Waals surface area contributed by atoms with E-state index in [2.05, 4.69) is 16.7 Å². The van der Waals surface area contributed by atoms with Gasteiger partial charge >= 0.3 is 6.03 Å². The van der Waals surface area contributed by atoms with Crippen LogP contribution in [0, 0.1) is 23.2 Å². The molecular formula is C15H21N3OS. The van der Waals surface area contributed by atoms with Crippen molar-refractivity contribution in [3.63, 3.8) is 0 Å². The largest absolute Gasteiger partial charge is 0.338 e. The van der Waals surface area contributed by atoms with Gasteiger partial charge in [0.05, 0.1) is 17.7 Å². The third kappa shape index (κ3) is 5.98. The molecule has 0 aliphatic rings. The van der Waals surface area contributed by atoms with E-state index in [9.17, 15) is 4.79 Å². The number of carbonyl (C=O) groups excluding carboxylic acids is 1. The van der Waals surface area contributed by atoms with E-state index in [4.69, 9.17) is 5.26 Å². The maximum absolute atomic E-state index is 11.8. The van der Waals surface area contributed by atoms with Crippen LogP contribution in [-0.4, -0.2) is 18.3 Å². The fraction of sp³-hybridized carbons (Fsp3) is 0.467. The van der Waals surface area contributed by atoms with Crippen LogP contribution in [0.25, 0.3) is 0 Å². The van der Waals surface area contributed by atoms with Gasteiger partial charge in [-0.15, -0.1) is 11.8 Å². The molecule has 2 N–H and O–H groups in total. The lowest BCUT2D eigenvalue weighted by atomic mass is 10.2. The average molecular weight is 291 g/mol. The second-order valence-electron chi connectivity index (χ2n) is 5.07. The predicted molar refractivity (Wildman–Crippen MR) is 83.8 cm³/mol. The van der Waals surface area contributed by atoms with E-state index in [0.29, 0.717) is 18.2 Å². The molecule has 1 rings (SSSR count). The minimum absolute atomic E-state index is 0.0113. The number of anilines is 1. The molecule has 0 bridgehead atoms. The van der Waals surface area contributed by atoms with Crippen molar-refractivity contribution in [1.82, 2.24) is 5.32 Å². The van der Waals surface area contributed by atoms with Gasteiger partial charge in [0.1, 0.15) is 0 Å². The van der Waals surface area contributed by atoms with Gasteiger partial charge in [-0.25, -0.2) is 4.79 Å². The highest BCUT2D eigenvalue weighted by molar-refractivity contribution is 7.99. The summed E-state index contributed by atoms with van der Waals surface area (Å²) in [5.74, 6) is 1.12.